The first-order valence-corrected chi connectivity index (χ1v) is 10.9. The molecule has 0 unspecified atom stereocenters. The van der Waals surface area contributed by atoms with Crippen molar-refractivity contribution in [2.24, 2.45) is 0 Å². The fourth-order valence-corrected chi connectivity index (χ4v) is 3.40. The Morgan fingerprint density at radius 2 is 1.56 bits per heavy atom. The smallest absolute Gasteiger partial charge is 0.261 e. The second kappa shape index (κ2) is 11.6. The van der Waals surface area contributed by atoms with Gasteiger partial charge in [-0.3, -0.25) is 9.59 Å². The first-order chi connectivity index (χ1) is 15.4. The molecule has 0 spiro atoms. The maximum Gasteiger partial charge on any atom is 0.261 e. The van der Waals surface area contributed by atoms with E-state index in [1.807, 2.05) is 42.5 Å². The minimum absolute atomic E-state index is 0.238. The molecule has 0 bridgehead atoms. The lowest BCUT2D eigenvalue weighted by Gasteiger charge is -2.29. The van der Waals surface area contributed by atoms with Gasteiger partial charge in [0.15, 0.2) is 6.61 Å². The molecule has 0 aliphatic rings. The van der Waals surface area contributed by atoms with Crippen LogP contribution < -0.4 is 10.1 Å². The molecule has 0 aromatic heterocycles. The van der Waals surface area contributed by atoms with Crippen LogP contribution in [0.25, 0.3) is 0 Å². The van der Waals surface area contributed by atoms with Crippen molar-refractivity contribution in [3.63, 3.8) is 0 Å². The summed E-state index contributed by atoms with van der Waals surface area (Å²) in [6, 6.07) is 23.0. The molecule has 3 aromatic carbocycles. The summed E-state index contributed by atoms with van der Waals surface area (Å²) in [4.78, 5) is 27.4. The summed E-state index contributed by atoms with van der Waals surface area (Å²) in [6.07, 6.45) is 0. The number of rotatable bonds is 9. The van der Waals surface area contributed by atoms with Crippen LogP contribution in [0.3, 0.4) is 0 Å². The van der Waals surface area contributed by atoms with E-state index in [0.29, 0.717) is 22.3 Å². The van der Waals surface area contributed by atoms with Crippen LogP contribution in [-0.4, -0.2) is 29.4 Å². The Hall–Kier alpha value is -3.02. The number of nitrogens with zero attached hydrogens (tertiary/aromatic N) is 1. The first kappa shape index (κ1) is 23.6. The van der Waals surface area contributed by atoms with Crippen molar-refractivity contribution in [1.29, 1.82) is 0 Å². The van der Waals surface area contributed by atoms with Gasteiger partial charge in [0, 0.05) is 18.1 Å². The number of hydrogen-bond acceptors (Lipinski definition) is 3. The van der Waals surface area contributed by atoms with Gasteiger partial charge in [-0.1, -0.05) is 77.8 Å². The van der Waals surface area contributed by atoms with Gasteiger partial charge < -0.3 is 15.0 Å². The fourth-order valence-electron chi connectivity index (χ4n) is 3.09. The van der Waals surface area contributed by atoms with Gasteiger partial charge in [-0.25, -0.2) is 0 Å². The van der Waals surface area contributed by atoms with Crippen LogP contribution in [0.4, 0.5) is 0 Å². The number of halogens is 2. The summed E-state index contributed by atoms with van der Waals surface area (Å²) >= 11 is 12.1. The van der Waals surface area contributed by atoms with Crippen LogP contribution in [0, 0.1) is 0 Å². The summed E-state index contributed by atoms with van der Waals surface area (Å²) in [5, 5.41) is 3.91. The zero-order chi connectivity index (χ0) is 22.9. The molecule has 166 valence electrons. The highest BCUT2D eigenvalue weighted by Crippen LogP contribution is 2.23. The molecule has 5 nitrogen and oxygen atoms in total. The largest absolute Gasteiger partial charge is 0.482 e. The van der Waals surface area contributed by atoms with E-state index in [-0.39, 0.29) is 25.0 Å². The van der Waals surface area contributed by atoms with Crippen molar-refractivity contribution < 1.29 is 14.3 Å². The van der Waals surface area contributed by atoms with Gasteiger partial charge in [0.25, 0.3) is 5.91 Å². The minimum Gasteiger partial charge on any atom is -0.482 e. The number of hydrogen-bond donors (Lipinski definition) is 1. The third kappa shape index (κ3) is 6.74. The van der Waals surface area contributed by atoms with Crippen molar-refractivity contribution in [1.82, 2.24) is 10.2 Å². The van der Waals surface area contributed by atoms with E-state index in [1.54, 1.807) is 43.3 Å². The van der Waals surface area contributed by atoms with E-state index >= 15 is 0 Å². The summed E-state index contributed by atoms with van der Waals surface area (Å²) in [7, 11) is 0. The monoisotopic (exact) mass is 470 g/mol. The average molecular weight is 471 g/mol. The predicted octanol–water partition coefficient (Wildman–Crippen LogP) is 5.11. The lowest BCUT2D eigenvalue weighted by atomic mass is 10.1. The Bertz CT molecular complexity index is 1040. The first-order valence-electron chi connectivity index (χ1n) is 10.2. The van der Waals surface area contributed by atoms with Crippen molar-refractivity contribution in [2.45, 2.75) is 26.1 Å². The van der Waals surface area contributed by atoms with E-state index in [1.165, 1.54) is 4.90 Å². The summed E-state index contributed by atoms with van der Waals surface area (Å²) < 4.78 is 5.62. The third-order valence-corrected chi connectivity index (χ3v) is 5.50. The molecule has 0 fully saturated rings. The molecular weight excluding hydrogens is 447 g/mol. The van der Waals surface area contributed by atoms with Gasteiger partial charge >= 0.3 is 0 Å². The third-order valence-electron chi connectivity index (χ3n) is 4.93. The number of nitrogens with one attached hydrogen (secondary N) is 1. The van der Waals surface area contributed by atoms with Crippen LogP contribution in [0.2, 0.25) is 10.0 Å². The second-order valence-electron chi connectivity index (χ2n) is 7.25. The van der Waals surface area contributed by atoms with E-state index in [4.69, 9.17) is 27.9 Å². The molecule has 0 saturated heterocycles. The highest BCUT2D eigenvalue weighted by molar-refractivity contribution is 6.32. The molecule has 1 atom stereocenters. The number of para-hydroxylation sites is 1. The van der Waals surface area contributed by atoms with Gasteiger partial charge in [-0.2, -0.15) is 0 Å². The summed E-state index contributed by atoms with van der Waals surface area (Å²) in [5.74, 6) is -0.175. The average Bonchev–Trinajstić information content (AvgIpc) is 2.81. The number of ether oxygens (including phenoxy) is 1. The van der Waals surface area contributed by atoms with Gasteiger partial charge in [-0.15, -0.1) is 0 Å². The maximum atomic E-state index is 13.1. The number of benzene rings is 3. The van der Waals surface area contributed by atoms with Crippen LogP contribution in [0.15, 0.2) is 78.9 Å². The summed E-state index contributed by atoms with van der Waals surface area (Å²) in [5.41, 5.74) is 1.83. The highest BCUT2D eigenvalue weighted by atomic mass is 35.5. The van der Waals surface area contributed by atoms with Crippen molar-refractivity contribution in [3.05, 3.63) is 100 Å². The minimum atomic E-state index is -0.711. The normalized spacial score (nSPS) is 11.5. The van der Waals surface area contributed by atoms with E-state index < -0.39 is 6.04 Å². The Labute approximate surface area is 197 Å². The lowest BCUT2D eigenvalue weighted by molar-refractivity contribution is -0.142. The van der Waals surface area contributed by atoms with E-state index in [2.05, 4.69) is 5.32 Å². The molecule has 0 aliphatic carbocycles. The Kier molecular flexibility index (Phi) is 8.54. The standard InChI is InChI=1S/C25H24Cl2N2O3/c1-18(25(31)28-15-19-7-3-2-4-8-19)29(16-20-11-13-21(26)14-12-20)24(30)17-32-23-10-6-5-9-22(23)27/h2-14,18H,15-17H2,1H3,(H,28,31)/t18-/m0/s1. The lowest BCUT2D eigenvalue weighted by Crippen LogP contribution is -2.48. The quantitative estimate of drug-likeness (QED) is 0.472. The molecule has 0 heterocycles. The van der Waals surface area contributed by atoms with Crippen LogP contribution in [-0.2, 0) is 22.7 Å². The fraction of sp³-hybridized carbons (Fsp3) is 0.200. The number of carbonyl (C=O) groups is 2. The highest BCUT2D eigenvalue weighted by Gasteiger charge is 2.26. The summed E-state index contributed by atoms with van der Waals surface area (Å²) in [6.45, 7) is 2.07. The molecule has 0 radical (unpaired) electrons. The maximum absolute atomic E-state index is 13.1. The number of carbonyl (C=O) groups excluding carboxylic acids is 2. The molecule has 7 heteroatoms. The Morgan fingerprint density at radius 3 is 2.25 bits per heavy atom. The molecule has 0 saturated carbocycles. The topological polar surface area (TPSA) is 58.6 Å². The Morgan fingerprint density at radius 1 is 0.906 bits per heavy atom. The van der Waals surface area contributed by atoms with E-state index in [9.17, 15) is 9.59 Å². The SMILES string of the molecule is C[C@@H](C(=O)NCc1ccccc1)N(Cc1ccc(Cl)cc1)C(=O)COc1ccccc1Cl. The second-order valence-corrected chi connectivity index (χ2v) is 8.09. The van der Waals surface area contributed by atoms with Gasteiger partial charge in [-0.05, 0) is 42.3 Å². The van der Waals surface area contributed by atoms with Gasteiger partial charge in [0.1, 0.15) is 11.8 Å². The van der Waals surface area contributed by atoms with Crippen molar-refractivity contribution in [3.8, 4) is 5.75 Å². The van der Waals surface area contributed by atoms with Gasteiger partial charge in [0.05, 0.1) is 5.02 Å². The van der Waals surface area contributed by atoms with Crippen LogP contribution in [0.1, 0.15) is 18.1 Å². The van der Waals surface area contributed by atoms with Crippen LogP contribution in [0.5, 0.6) is 5.75 Å². The Balaban J connectivity index is 1.71. The van der Waals surface area contributed by atoms with Crippen LogP contribution >= 0.6 is 23.2 Å². The zero-order valence-corrected chi connectivity index (χ0v) is 19.1. The van der Waals surface area contributed by atoms with Gasteiger partial charge in [0.2, 0.25) is 5.91 Å². The zero-order valence-electron chi connectivity index (χ0n) is 17.6. The molecular formula is C25H24Cl2N2O3. The molecule has 32 heavy (non-hydrogen) atoms. The molecule has 3 rings (SSSR count). The predicted molar refractivity (Wildman–Crippen MR) is 127 cm³/mol. The van der Waals surface area contributed by atoms with Crippen molar-refractivity contribution >= 4 is 35.0 Å². The molecule has 3 aromatic rings. The molecule has 1 N–H and O–H groups in total. The van der Waals surface area contributed by atoms with Crippen molar-refractivity contribution in [2.75, 3.05) is 6.61 Å². The number of amides is 2. The molecule has 2 amide bonds. The van der Waals surface area contributed by atoms with E-state index in [0.717, 1.165) is 11.1 Å². The molecule has 0 aliphatic heterocycles.